The highest BCUT2D eigenvalue weighted by Gasteiger charge is 2.13. The van der Waals surface area contributed by atoms with Gasteiger partial charge >= 0.3 is 6.01 Å². The second-order valence-corrected chi connectivity index (χ2v) is 5.31. The van der Waals surface area contributed by atoms with Gasteiger partial charge < -0.3 is 9.15 Å². The minimum absolute atomic E-state index is 0.0222. The first kappa shape index (κ1) is 16.6. The summed E-state index contributed by atoms with van der Waals surface area (Å²) >= 11 is 0. The second-order valence-electron chi connectivity index (χ2n) is 5.31. The van der Waals surface area contributed by atoms with E-state index in [0.717, 1.165) is 18.6 Å². The maximum atomic E-state index is 12.2. The lowest BCUT2D eigenvalue weighted by atomic mass is 10.2. The number of pyridine rings is 1. The molecular formula is C18H18N4O3. The number of carbonyl (C=O) groups excluding carboxylic acids is 1. The molecule has 7 nitrogen and oxygen atoms in total. The van der Waals surface area contributed by atoms with Gasteiger partial charge in [-0.25, -0.2) is 0 Å². The number of carbonyl (C=O) groups is 1. The van der Waals surface area contributed by atoms with Crippen LogP contribution in [0.2, 0.25) is 0 Å². The maximum absolute atomic E-state index is 12.2. The Hall–Kier alpha value is -3.22. The van der Waals surface area contributed by atoms with Crippen LogP contribution in [0.5, 0.6) is 5.75 Å². The van der Waals surface area contributed by atoms with E-state index in [4.69, 9.17) is 9.15 Å². The lowest BCUT2D eigenvalue weighted by molar-refractivity contribution is 0.102. The van der Waals surface area contributed by atoms with Gasteiger partial charge in [-0.05, 0) is 42.8 Å². The molecule has 0 saturated heterocycles. The number of unbranched alkanes of at least 4 members (excludes halogenated alkanes) is 1. The van der Waals surface area contributed by atoms with Crippen molar-refractivity contribution in [1.82, 2.24) is 15.2 Å². The molecule has 3 rings (SSSR count). The van der Waals surface area contributed by atoms with Gasteiger partial charge in [-0.1, -0.05) is 24.5 Å². The molecule has 0 aliphatic heterocycles. The average molecular weight is 338 g/mol. The molecular weight excluding hydrogens is 320 g/mol. The van der Waals surface area contributed by atoms with Crippen molar-refractivity contribution >= 4 is 11.9 Å². The zero-order valence-electron chi connectivity index (χ0n) is 13.8. The molecule has 0 unspecified atom stereocenters. The van der Waals surface area contributed by atoms with Crippen molar-refractivity contribution in [2.75, 3.05) is 11.9 Å². The predicted octanol–water partition coefficient (Wildman–Crippen LogP) is 3.56. The molecule has 0 saturated carbocycles. The number of amides is 1. The third-order valence-electron chi connectivity index (χ3n) is 3.41. The Morgan fingerprint density at radius 2 is 2.00 bits per heavy atom. The Morgan fingerprint density at radius 3 is 2.72 bits per heavy atom. The summed E-state index contributed by atoms with van der Waals surface area (Å²) in [4.78, 5) is 16.4. The highest BCUT2D eigenvalue weighted by Crippen LogP contribution is 2.18. The Kier molecular flexibility index (Phi) is 5.36. The molecule has 0 bridgehead atoms. The van der Waals surface area contributed by atoms with E-state index in [-0.39, 0.29) is 17.8 Å². The van der Waals surface area contributed by atoms with Crippen molar-refractivity contribution in [3.05, 3.63) is 54.2 Å². The third-order valence-corrected chi connectivity index (χ3v) is 3.41. The summed E-state index contributed by atoms with van der Waals surface area (Å²) in [5, 5.41) is 10.3. The van der Waals surface area contributed by atoms with Crippen molar-refractivity contribution in [1.29, 1.82) is 0 Å². The lowest BCUT2D eigenvalue weighted by Crippen LogP contribution is -2.12. The van der Waals surface area contributed by atoms with Gasteiger partial charge in [0.2, 0.25) is 0 Å². The fourth-order valence-electron chi connectivity index (χ4n) is 2.07. The van der Waals surface area contributed by atoms with Crippen molar-refractivity contribution in [2.45, 2.75) is 19.8 Å². The summed E-state index contributed by atoms with van der Waals surface area (Å²) in [5.41, 5.74) is 1.02. The van der Waals surface area contributed by atoms with Gasteiger partial charge in [0, 0.05) is 11.8 Å². The maximum Gasteiger partial charge on any atom is 0.322 e. The van der Waals surface area contributed by atoms with E-state index in [1.54, 1.807) is 42.6 Å². The standard InChI is InChI=1S/C18H18N4O3/c1-2-3-12-24-14-9-7-13(8-10-14)16(23)20-18-22-21-17(25-18)15-6-4-5-11-19-15/h4-11H,2-3,12H2,1H3,(H,20,22,23). The second kappa shape index (κ2) is 8.05. The number of nitrogens with one attached hydrogen (secondary N) is 1. The molecule has 7 heteroatoms. The van der Waals surface area contributed by atoms with Crippen LogP contribution in [0.3, 0.4) is 0 Å². The van der Waals surface area contributed by atoms with E-state index in [1.807, 2.05) is 6.07 Å². The van der Waals surface area contributed by atoms with E-state index < -0.39 is 0 Å². The summed E-state index contributed by atoms with van der Waals surface area (Å²) in [6.45, 7) is 2.77. The van der Waals surface area contributed by atoms with E-state index in [1.165, 1.54) is 0 Å². The van der Waals surface area contributed by atoms with Crippen molar-refractivity contribution in [3.8, 4) is 17.3 Å². The molecule has 128 valence electrons. The topological polar surface area (TPSA) is 90.1 Å². The Morgan fingerprint density at radius 1 is 1.16 bits per heavy atom. The van der Waals surface area contributed by atoms with Gasteiger partial charge in [0.25, 0.3) is 11.8 Å². The van der Waals surface area contributed by atoms with Gasteiger partial charge in [0.1, 0.15) is 11.4 Å². The summed E-state index contributed by atoms with van der Waals surface area (Å²) in [6, 6.07) is 12.3. The largest absolute Gasteiger partial charge is 0.494 e. The zero-order chi connectivity index (χ0) is 17.5. The average Bonchev–Trinajstić information content (AvgIpc) is 3.12. The number of benzene rings is 1. The highest BCUT2D eigenvalue weighted by atomic mass is 16.5. The molecule has 1 N–H and O–H groups in total. The normalized spacial score (nSPS) is 10.4. The van der Waals surface area contributed by atoms with Crippen LogP contribution in [0.1, 0.15) is 30.1 Å². The van der Waals surface area contributed by atoms with Crippen LogP contribution in [-0.2, 0) is 0 Å². The Balaban J connectivity index is 1.61. The third kappa shape index (κ3) is 4.41. The van der Waals surface area contributed by atoms with Crippen LogP contribution in [0, 0.1) is 0 Å². The van der Waals surface area contributed by atoms with Gasteiger partial charge in [0.15, 0.2) is 0 Å². The molecule has 0 aliphatic carbocycles. The molecule has 2 heterocycles. The van der Waals surface area contributed by atoms with Crippen LogP contribution < -0.4 is 10.1 Å². The number of hydrogen-bond acceptors (Lipinski definition) is 6. The van der Waals surface area contributed by atoms with Gasteiger partial charge in [-0.3, -0.25) is 15.1 Å². The SMILES string of the molecule is CCCCOc1ccc(C(=O)Nc2nnc(-c3ccccn3)o2)cc1. The molecule has 1 aromatic carbocycles. The van der Waals surface area contributed by atoms with Crippen LogP contribution in [0.25, 0.3) is 11.6 Å². The van der Waals surface area contributed by atoms with E-state index in [9.17, 15) is 4.79 Å². The van der Waals surface area contributed by atoms with Crippen molar-refractivity contribution in [2.24, 2.45) is 0 Å². The number of ether oxygens (including phenoxy) is 1. The number of anilines is 1. The summed E-state index contributed by atoms with van der Waals surface area (Å²) in [7, 11) is 0. The quantitative estimate of drug-likeness (QED) is 0.662. The first-order valence-electron chi connectivity index (χ1n) is 8.05. The van der Waals surface area contributed by atoms with Crippen LogP contribution >= 0.6 is 0 Å². The zero-order valence-corrected chi connectivity index (χ0v) is 13.8. The predicted molar refractivity (Wildman–Crippen MR) is 92.3 cm³/mol. The summed E-state index contributed by atoms with van der Waals surface area (Å²) in [6.07, 6.45) is 3.70. The van der Waals surface area contributed by atoms with E-state index >= 15 is 0 Å². The molecule has 3 aromatic rings. The first-order valence-corrected chi connectivity index (χ1v) is 8.05. The number of aromatic nitrogens is 3. The fourth-order valence-corrected chi connectivity index (χ4v) is 2.07. The lowest BCUT2D eigenvalue weighted by Gasteiger charge is -2.06. The number of hydrogen-bond donors (Lipinski definition) is 1. The van der Waals surface area contributed by atoms with Gasteiger partial charge in [-0.2, -0.15) is 0 Å². The first-order chi connectivity index (χ1) is 12.3. The highest BCUT2D eigenvalue weighted by molar-refractivity contribution is 6.03. The number of rotatable bonds is 7. The molecule has 0 fully saturated rings. The minimum atomic E-state index is -0.337. The molecule has 0 spiro atoms. The smallest absolute Gasteiger partial charge is 0.322 e. The van der Waals surface area contributed by atoms with Gasteiger partial charge in [0.05, 0.1) is 6.61 Å². The monoisotopic (exact) mass is 338 g/mol. The Labute approximate surface area is 145 Å². The van der Waals surface area contributed by atoms with E-state index in [0.29, 0.717) is 17.9 Å². The molecule has 25 heavy (non-hydrogen) atoms. The van der Waals surface area contributed by atoms with Gasteiger partial charge in [-0.15, -0.1) is 5.10 Å². The summed E-state index contributed by atoms with van der Waals surface area (Å²) in [5.74, 6) is 0.645. The number of nitrogens with zero attached hydrogens (tertiary/aromatic N) is 3. The Bertz CT molecular complexity index is 816. The molecule has 0 radical (unpaired) electrons. The van der Waals surface area contributed by atoms with E-state index in [2.05, 4.69) is 27.4 Å². The van der Waals surface area contributed by atoms with Crippen LogP contribution in [0.4, 0.5) is 6.01 Å². The molecule has 0 aliphatic rings. The van der Waals surface area contributed by atoms with Crippen LogP contribution in [0.15, 0.2) is 53.1 Å². The summed E-state index contributed by atoms with van der Waals surface area (Å²) < 4.78 is 11.0. The molecule has 2 aromatic heterocycles. The molecule has 0 atom stereocenters. The minimum Gasteiger partial charge on any atom is -0.494 e. The van der Waals surface area contributed by atoms with Crippen molar-refractivity contribution in [3.63, 3.8) is 0 Å². The van der Waals surface area contributed by atoms with Crippen molar-refractivity contribution < 1.29 is 13.9 Å². The molecule has 1 amide bonds. The van der Waals surface area contributed by atoms with Crippen LogP contribution in [-0.4, -0.2) is 27.7 Å². The fraction of sp³-hybridized carbons (Fsp3) is 0.222.